The van der Waals surface area contributed by atoms with E-state index in [1.54, 1.807) is 7.11 Å². The van der Waals surface area contributed by atoms with Crippen LogP contribution in [0.1, 0.15) is 37.4 Å². The molecule has 0 radical (unpaired) electrons. The molecule has 21 heavy (non-hydrogen) atoms. The SMILES string of the molecule is COc1ccccc1NC1c2ccccc2CCC1(C)C. The lowest BCUT2D eigenvalue weighted by atomic mass is 9.70. The molecule has 1 aliphatic rings. The van der Waals surface area contributed by atoms with Crippen LogP contribution in [0.15, 0.2) is 48.5 Å². The van der Waals surface area contributed by atoms with Crippen molar-refractivity contribution < 1.29 is 4.74 Å². The monoisotopic (exact) mass is 281 g/mol. The topological polar surface area (TPSA) is 21.3 Å². The first-order valence-corrected chi connectivity index (χ1v) is 7.59. The highest BCUT2D eigenvalue weighted by Crippen LogP contribution is 2.46. The van der Waals surface area contributed by atoms with Crippen LogP contribution in [-0.2, 0) is 6.42 Å². The van der Waals surface area contributed by atoms with Crippen molar-refractivity contribution in [2.45, 2.75) is 32.7 Å². The Morgan fingerprint density at radius 2 is 1.76 bits per heavy atom. The van der Waals surface area contributed by atoms with Crippen molar-refractivity contribution in [2.75, 3.05) is 12.4 Å². The van der Waals surface area contributed by atoms with E-state index < -0.39 is 0 Å². The first-order chi connectivity index (χ1) is 10.1. The number of para-hydroxylation sites is 2. The van der Waals surface area contributed by atoms with E-state index in [-0.39, 0.29) is 5.41 Å². The number of nitrogens with one attached hydrogen (secondary N) is 1. The molecule has 0 aromatic heterocycles. The highest BCUT2D eigenvalue weighted by Gasteiger charge is 2.35. The number of hydrogen-bond acceptors (Lipinski definition) is 2. The van der Waals surface area contributed by atoms with Crippen LogP contribution in [0.5, 0.6) is 5.75 Å². The van der Waals surface area contributed by atoms with Gasteiger partial charge in [0.15, 0.2) is 0 Å². The van der Waals surface area contributed by atoms with E-state index in [1.165, 1.54) is 17.5 Å². The molecule has 0 saturated carbocycles. The second kappa shape index (κ2) is 5.44. The molecule has 3 rings (SSSR count). The minimum Gasteiger partial charge on any atom is -0.495 e. The Morgan fingerprint density at radius 1 is 1.05 bits per heavy atom. The Hall–Kier alpha value is -1.96. The van der Waals surface area contributed by atoms with Crippen molar-refractivity contribution in [3.8, 4) is 5.75 Å². The maximum Gasteiger partial charge on any atom is 0.141 e. The summed E-state index contributed by atoms with van der Waals surface area (Å²) in [5.74, 6) is 0.899. The second-order valence-corrected chi connectivity index (χ2v) is 6.47. The molecular weight excluding hydrogens is 258 g/mol. The molecule has 2 nitrogen and oxygen atoms in total. The summed E-state index contributed by atoms with van der Waals surface area (Å²) in [5, 5.41) is 3.72. The normalized spacial score (nSPS) is 19.7. The highest BCUT2D eigenvalue weighted by atomic mass is 16.5. The summed E-state index contributed by atoms with van der Waals surface area (Å²) in [5.41, 5.74) is 4.16. The van der Waals surface area contributed by atoms with Crippen molar-refractivity contribution >= 4 is 5.69 Å². The molecule has 1 unspecified atom stereocenters. The van der Waals surface area contributed by atoms with Gasteiger partial charge in [-0.05, 0) is 41.5 Å². The van der Waals surface area contributed by atoms with Gasteiger partial charge in [-0.2, -0.15) is 0 Å². The van der Waals surface area contributed by atoms with E-state index in [9.17, 15) is 0 Å². The fraction of sp³-hybridized carbons (Fsp3) is 0.368. The summed E-state index contributed by atoms with van der Waals surface area (Å²) in [6.45, 7) is 4.69. The van der Waals surface area contributed by atoms with Crippen LogP contribution in [0.2, 0.25) is 0 Å². The van der Waals surface area contributed by atoms with E-state index >= 15 is 0 Å². The van der Waals surface area contributed by atoms with Crippen LogP contribution in [0, 0.1) is 5.41 Å². The summed E-state index contributed by atoms with van der Waals surface area (Å²) in [6, 6.07) is 17.2. The third-order valence-corrected chi connectivity index (χ3v) is 4.59. The van der Waals surface area contributed by atoms with E-state index in [0.717, 1.165) is 17.9 Å². The zero-order valence-corrected chi connectivity index (χ0v) is 13.0. The number of methoxy groups -OCH3 is 1. The van der Waals surface area contributed by atoms with E-state index in [1.807, 2.05) is 18.2 Å². The minimum absolute atomic E-state index is 0.217. The number of aryl methyl sites for hydroxylation is 1. The fourth-order valence-electron chi connectivity index (χ4n) is 3.26. The Bertz CT molecular complexity index is 633. The maximum atomic E-state index is 5.48. The largest absolute Gasteiger partial charge is 0.495 e. The number of benzene rings is 2. The minimum atomic E-state index is 0.217. The summed E-state index contributed by atoms with van der Waals surface area (Å²) in [6.07, 6.45) is 2.35. The van der Waals surface area contributed by atoms with E-state index in [2.05, 4.69) is 49.5 Å². The van der Waals surface area contributed by atoms with Gasteiger partial charge in [-0.25, -0.2) is 0 Å². The first kappa shape index (κ1) is 14.0. The molecular formula is C19H23NO. The average molecular weight is 281 g/mol. The predicted molar refractivity (Wildman–Crippen MR) is 87.9 cm³/mol. The molecule has 0 spiro atoms. The Labute approximate surface area is 127 Å². The number of anilines is 1. The van der Waals surface area contributed by atoms with Gasteiger partial charge in [0, 0.05) is 0 Å². The highest BCUT2D eigenvalue weighted by molar-refractivity contribution is 5.58. The van der Waals surface area contributed by atoms with Gasteiger partial charge in [-0.1, -0.05) is 50.2 Å². The van der Waals surface area contributed by atoms with Gasteiger partial charge in [0.25, 0.3) is 0 Å². The molecule has 0 aliphatic heterocycles. The Balaban J connectivity index is 1.99. The first-order valence-electron chi connectivity index (χ1n) is 7.59. The molecule has 2 aromatic rings. The Morgan fingerprint density at radius 3 is 2.57 bits per heavy atom. The molecule has 0 fully saturated rings. The molecule has 1 aliphatic carbocycles. The molecule has 2 aromatic carbocycles. The molecule has 2 heteroatoms. The van der Waals surface area contributed by atoms with Crippen LogP contribution >= 0.6 is 0 Å². The number of hydrogen-bond donors (Lipinski definition) is 1. The zero-order valence-electron chi connectivity index (χ0n) is 13.0. The van der Waals surface area contributed by atoms with E-state index in [4.69, 9.17) is 4.74 Å². The third-order valence-electron chi connectivity index (χ3n) is 4.59. The van der Waals surface area contributed by atoms with Gasteiger partial charge < -0.3 is 10.1 Å². The van der Waals surface area contributed by atoms with Crippen molar-refractivity contribution in [1.82, 2.24) is 0 Å². The predicted octanol–water partition coefficient (Wildman–Crippen LogP) is 4.82. The van der Waals surface area contributed by atoms with Crippen molar-refractivity contribution in [3.63, 3.8) is 0 Å². The summed E-state index contributed by atoms with van der Waals surface area (Å²) in [4.78, 5) is 0. The van der Waals surface area contributed by atoms with Crippen LogP contribution < -0.4 is 10.1 Å². The van der Waals surface area contributed by atoms with Crippen LogP contribution in [0.25, 0.3) is 0 Å². The molecule has 0 saturated heterocycles. The standard InChI is InChI=1S/C19H23NO/c1-19(2)13-12-14-8-4-5-9-15(14)18(19)20-16-10-6-7-11-17(16)21-3/h4-11,18,20H,12-13H2,1-3H3. The number of fused-ring (bicyclic) bond motifs is 1. The summed E-state index contributed by atoms with van der Waals surface area (Å²) < 4.78 is 5.48. The van der Waals surface area contributed by atoms with Crippen molar-refractivity contribution in [2.24, 2.45) is 5.41 Å². The lowest BCUT2D eigenvalue weighted by molar-refractivity contribution is 0.264. The summed E-state index contributed by atoms with van der Waals surface area (Å²) in [7, 11) is 1.72. The van der Waals surface area contributed by atoms with Crippen LogP contribution in [0.4, 0.5) is 5.69 Å². The third kappa shape index (κ3) is 2.63. The molecule has 0 heterocycles. The van der Waals surface area contributed by atoms with Crippen molar-refractivity contribution in [3.05, 3.63) is 59.7 Å². The van der Waals surface area contributed by atoms with Crippen molar-refractivity contribution in [1.29, 1.82) is 0 Å². The van der Waals surface area contributed by atoms with Gasteiger partial charge in [0.1, 0.15) is 5.75 Å². The molecule has 0 bridgehead atoms. The fourth-order valence-corrected chi connectivity index (χ4v) is 3.26. The smallest absolute Gasteiger partial charge is 0.141 e. The second-order valence-electron chi connectivity index (χ2n) is 6.47. The molecule has 0 amide bonds. The quantitative estimate of drug-likeness (QED) is 0.870. The van der Waals surface area contributed by atoms with E-state index in [0.29, 0.717) is 6.04 Å². The maximum absolute atomic E-state index is 5.48. The van der Waals surface area contributed by atoms with Crippen LogP contribution in [0.3, 0.4) is 0 Å². The van der Waals surface area contributed by atoms with Gasteiger partial charge in [0.05, 0.1) is 18.8 Å². The zero-order chi connectivity index (χ0) is 14.9. The number of rotatable bonds is 3. The lowest BCUT2D eigenvalue weighted by Gasteiger charge is -2.41. The number of ether oxygens (including phenoxy) is 1. The average Bonchev–Trinajstić information content (AvgIpc) is 2.50. The van der Waals surface area contributed by atoms with Gasteiger partial charge in [-0.3, -0.25) is 0 Å². The van der Waals surface area contributed by atoms with Gasteiger partial charge in [-0.15, -0.1) is 0 Å². The van der Waals surface area contributed by atoms with Gasteiger partial charge >= 0.3 is 0 Å². The van der Waals surface area contributed by atoms with Gasteiger partial charge in [0.2, 0.25) is 0 Å². The lowest BCUT2D eigenvalue weighted by Crippen LogP contribution is -2.33. The molecule has 1 atom stereocenters. The Kier molecular flexibility index (Phi) is 3.62. The van der Waals surface area contributed by atoms with Crippen LogP contribution in [-0.4, -0.2) is 7.11 Å². The summed E-state index contributed by atoms with van der Waals surface area (Å²) >= 11 is 0. The molecule has 1 N–H and O–H groups in total. The molecule has 110 valence electrons.